The van der Waals surface area contributed by atoms with E-state index >= 15 is 0 Å². The van der Waals surface area contributed by atoms with E-state index in [1.807, 2.05) is 24.3 Å². The second-order valence-electron chi connectivity index (χ2n) is 8.45. The van der Waals surface area contributed by atoms with Gasteiger partial charge in [0.15, 0.2) is 0 Å². The van der Waals surface area contributed by atoms with Crippen LogP contribution in [-0.2, 0) is 12.8 Å². The monoisotopic (exact) mass is 426 g/mol. The summed E-state index contributed by atoms with van der Waals surface area (Å²) in [6.45, 7) is 4.51. The van der Waals surface area contributed by atoms with Crippen LogP contribution < -0.4 is 9.47 Å². The summed E-state index contributed by atoms with van der Waals surface area (Å²) in [6.07, 6.45) is 11.1. The fraction of sp³-hybridized carbons (Fsp3) is 0.267. The van der Waals surface area contributed by atoms with Crippen LogP contribution in [0.15, 0.2) is 84.9 Å². The molecule has 0 amide bonds. The summed E-state index contributed by atoms with van der Waals surface area (Å²) < 4.78 is 10.5. The van der Waals surface area contributed by atoms with E-state index in [-0.39, 0.29) is 0 Å². The van der Waals surface area contributed by atoms with E-state index in [1.165, 1.54) is 22.3 Å². The van der Waals surface area contributed by atoms with Crippen LogP contribution in [0.25, 0.3) is 12.2 Å². The number of methoxy groups -OCH3 is 2. The molecule has 3 aromatic rings. The molecule has 0 heterocycles. The molecule has 0 N–H and O–H groups in total. The van der Waals surface area contributed by atoms with Crippen LogP contribution in [0, 0.1) is 11.8 Å². The zero-order valence-corrected chi connectivity index (χ0v) is 19.6. The summed E-state index contributed by atoms with van der Waals surface area (Å²) in [5, 5.41) is 0. The lowest BCUT2D eigenvalue weighted by atomic mass is 9.98. The number of allylic oxidation sites excluding steroid dienone is 2. The first kappa shape index (κ1) is 23.4. The van der Waals surface area contributed by atoms with Crippen LogP contribution in [0.5, 0.6) is 11.5 Å². The lowest BCUT2D eigenvalue weighted by molar-refractivity contribution is 0.414. The van der Waals surface area contributed by atoms with Crippen LogP contribution in [0.4, 0.5) is 0 Å². The maximum absolute atomic E-state index is 5.24. The van der Waals surface area contributed by atoms with Gasteiger partial charge >= 0.3 is 0 Å². The zero-order chi connectivity index (χ0) is 22.8. The predicted molar refractivity (Wildman–Crippen MR) is 136 cm³/mol. The van der Waals surface area contributed by atoms with Crippen molar-refractivity contribution in [2.75, 3.05) is 14.2 Å². The Morgan fingerprint density at radius 2 is 1.03 bits per heavy atom. The van der Waals surface area contributed by atoms with Gasteiger partial charge in [-0.25, -0.2) is 0 Å². The molecule has 0 aliphatic heterocycles. The van der Waals surface area contributed by atoms with Crippen molar-refractivity contribution in [3.05, 3.63) is 107 Å². The van der Waals surface area contributed by atoms with E-state index < -0.39 is 0 Å². The van der Waals surface area contributed by atoms with Crippen molar-refractivity contribution in [3.63, 3.8) is 0 Å². The Kier molecular flexibility index (Phi) is 8.74. The lowest BCUT2D eigenvalue weighted by Gasteiger charge is -2.08. The van der Waals surface area contributed by atoms with Gasteiger partial charge in [-0.15, -0.1) is 0 Å². The fourth-order valence-corrected chi connectivity index (χ4v) is 3.72. The molecule has 32 heavy (non-hydrogen) atoms. The molecule has 3 aromatic carbocycles. The first-order valence-electron chi connectivity index (χ1n) is 11.3. The molecule has 0 radical (unpaired) electrons. The van der Waals surface area contributed by atoms with Gasteiger partial charge in [0.1, 0.15) is 11.5 Å². The molecule has 0 saturated carbocycles. The molecule has 0 fully saturated rings. The van der Waals surface area contributed by atoms with E-state index in [9.17, 15) is 0 Å². The van der Waals surface area contributed by atoms with E-state index in [0.29, 0.717) is 11.8 Å². The van der Waals surface area contributed by atoms with Crippen LogP contribution >= 0.6 is 0 Å². The first-order valence-corrected chi connectivity index (χ1v) is 11.3. The van der Waals surface area contributed by atoms with Gasteiger partial charge in [0, 0.05) is 0 Å². The molecule has 2 atom stereocenters. The van der Waals surface area contributed by atoms with Gasteiger partial charge in [-0.2, -0.15) is 0 Å². The molecule has 0 bridgehead atoms. The molecule has 3 rings (SSSR count). The summed E-state index contributed by atoms with van der Waals surface area (Å²) in [5.74, 6) is 2.74. The van der Waals surface area contributed by atoms with Crippen LogP contribution in [0.3, 0.4) is 0 Å². The molecule has 166 valence electrons. The standard InChI is InChI=1S/C30H34O2/c1-23(20-27-12-16-29(31-3)17-13-27)8-10-25-6-5-7-26(22-25)11-9-24(2)21-28-14-18-30(32-4)19-15-28/h5-19,22-24H,20-21H2,1-4H3. The Bertz CT molecular complexity index is 933. The van der Waals surface area contributed by atoms with E-state index in [0.717, 1.165) is 24.3 Å². The summed E-state index contributed by atoms with van der Waals surface area (Å²) in [7, 11) is 3.40. The Labute approximate surface area is 193 Å². The van der Waals surface area contributed by atoms with E-state index in [2.05, 4.69) is 86.7 Å². The zero-order valence-electron chi connectivity index (χ0n) is 19.6. The highest BCUT2D eigenvalue weighted by Gasteiger charge is 2.02. The van der Waals surface area contributed by atoms with Gasteiger partial charge in [0.05, 0.1) is 14.2 Å². The number of rotatable bonds is 10. The summed E-state index contributed by atoms with van der Waals surface area (Å²) in [4.78, 5) is 0. The van der Waals surface area contributed by atoms with Crippen molar-refractivity contribution >= 4 is 12.2 Å². The highest BCUT2D eigenvalue weighted by Crippen LogP contribution is 2.18. The topological polar surface area (TPSA) is 18.5 Å². The van der Waals surface area contributed by atoms with Crippen molar-refractivity contribution in [1.82, 2.24) is 0 Å². The number of ether oxygens (including phenoxy) is 2. The number of benzene rings is 3. The Hall–Kier alpha value is -3.26. The molecular weight excluding hydrogens is 392 g/mol. The minimum absolute atomic E-state index is 0.465. The van der Waals surface area contributed by atoms with Crippen LogP contribution in [0.2, 0.25) is 0 Å². The SMILES string of the molecule is COc1ccc(CC(C)C=Cc2cccc(C=CC(C)Cc3ccc(OC)cc3)c2)cc1. The van der Waals surface area contributed by atoms with Crippen molar-refractivity contribution in [1.29, 1.82) is 0 Å². The van der Waals surface area contributed by atoms with Crippen molar-refractivity contribution in [2.45, 2.75) is 26.7 Å². The van der Waals surface area contributed by atoms with Gasteiger partial charge in [0.2, 0.25) is 0 Å². The van der Waals surface area contributed by atoms with Crippen molar-refractivity contribution in [2.24, 2.45) is 11.8 Å². The Balaban J connectivity index is 1.55. The molecule has 0 aliphatic carbocycles. The van der Waals surface area contributed by atoms with E-state index in [4.69, 9.17) is 9.47 Å². The maximum atomic E-state index is 5.24. The molecule has 0 spiro atoms. The second-order valence-corrected chi connectivity index (χ2v) is 8.45. The second kappa shape index (κ2) is 12.0. The predicted octanol–water partition coefficient (Wildman–Crippen LogP) is 7.49. The fourth-order valence-electron chi connectivity index (χ4n) is 3.72. The third-order valence-corrected chi connectivity index (χ3v) is 5.58. The number of hydrogen-bond donors (Lipinski definition) is 0. The Morgan fingerprint density at radius 1 is 0.625 bits per heavy atom. The first-order chi connectivity index (χ1) is 15.6. The summed E-state index contributed by atoms with van der Waals surface area (Å²) in [6, 6.07) is 25.4. The maximum Gasteiger partial charge on any atom is 0.118 e. The molecular formula is C30H34O2. The highest BCUT2D eigenvalue weighted by molar-refractivity contribution is 5.58. The van der Waals surface area contributed by atoms with Crippen molar-refractivity contribution in [3.8, 4) is 11.5 Å². The van der Waals surface area contributed by atoms with Crippen LogP contribution in [-0.4, -0.2) is 14.2 Å². The van der Waals surface area contributed by atoms with E-state index in [1.54, 1.807) is 14.2 Å². The molecule has 2 heteroatoms. The molecule has 0 saturated heterocycles. The lowest BCUT2D eigenvalue weighted by Crippen LogP contribution is -1.96. The largest absolute Gasteiger partial charge is 0.497 e. The smallest absolute Gasteiger partial charge is 0.118 e. The molecule has 2 unspecified atom stereocenters. The summed E-state index contributed by atoms with van der Waals surface area (Å²) in [5.41, 5.74) is 5.11. The minimum atomic E-state index is 0.465. The summed E-state index contributed by atoms with van der Waals surface area (Å²) >= 11 is 0. The van der Waals surface area contributed by atoms with Crippen LogP contribution in [0.1, 0.15) is 36.1 Å². The molecule has 0 aromatic heterocycles. The molecule has 0 aliphatic rings. The average molecular weight is 427 g/mol. The normalized spacial score (nSPS) is 13.4. The highest BCUT2D eigenvalue weighted by atomic mass is 16.5. The molecule has 2 nitrogen and oxygen atoms in total. The van der Waals surface area contributed by atoms with Gasteiger partial charge in [-0.05, 0) is 77.3 Å². The third kappa shape index (κ3) is 7.46. The Morgan fingerprint density at radius 3 is 1.41 bits per heavy atom. The van der Waals surface area contributed by atoms with Crippen molar-refractivity contribution < 1.29 is 9.47 Å². The van der Waals surface area contributed by atoms with Gasteiger partial charge in [-0.3, -0.25) is 0 Å². The number of hydrogen-bond acceptors (Lipinski definition) is 2. The third-order valence-electron chi connectivity index (χ3n) is 5.58. The van der Waals surface area contributed by atoms with Gasteiger partial charge in [-0.1, -0.05) is 80.6 Å². The minimum Gasteiger partial charge on any atom is -0.497 e. The quantitative estimate of drug-likeness (QED) is 0.334. The van der Waals surface area contributed by atoms with Gasteiger partial charge in [0.25, 0.3) is 0 Å². The average Bonchev–Trinajstić information content (AvgIpc) is 2.83. The van der Waals surface area contributed by atoms with Gasteiger partial charge < -0.3 is 9.47 Å².